The zero-order chi connectivity index (χ0) is 25.3. The molecule has 10 nitrogen and oxygen atoms in total. The number of ether oxygens (including phenoxy) is 3. The Labute approximate surface area is 213 Å². The molecule has 0 aliphatic carbocycles. The first kappa shape index (κ1) is 24.6. The molecule has 35 heavy (non-hydrogen) atoms. The van der Waals surface area contributed by atoms with E-state index < -0.39 is 18.2 Å². The number of amides is 1. The van der Waals surface area contributed by atoms with E-state index in [4.69, 9.17) is 14.2 Å². The van der Waals surface area contributed by atoms with E-state index in [1.54, 1.807) is 24.3 Å². The third-order valence-electron chi connectivity index (χ3n) is 4.85. The molecule has 1 aliphatic rings. The molecule has 2 aromatic carbocycles. The highest BCUT2D eigenvalue weighted by atomic mass is 79.9. The number of carbonyl (C=O) groups is 3. The fraction of sp³-hybridized carbons (Fsp3) is 0.217. The normalized spacial score (nSPS) is 14.2. The Kier molecular flexibility index (Phi) is 7.03. The van der Waals surface area contributed by atoms with Gasteiger partial charge in [0.25, 0.3) is 0 Å². The topological polar surface area (TPSA) is 121 Å². The van der Waals surface area contributed by atoms with Gasteiger partial charge in [-0.3, -0.25) is 19.3 Å². The maximum absolute atomic E-state index is 13.0. The molecule has 0 saturated carbocycles. The molecule has 1 unspecified atom stereocenters. The Morgan fingerprint density at radius 2 is 1.77 bits per heavy atom. The van der Waals surface area contributed by atoms with E-state index in [-0.39, 0.29) is 23.3 Å². The van der Waals surface area contributed by atoms with Crippen LogP contribution in [-0.4, -0.2) is 39.3 Å². The maximum Gasteiger partial charge on any atom is 0.308 e. The lowest BCUT2D eigenvalue weighted by Gasteiger charge is -2.30. The number of rotatable bonds is 4. The number of nitrogens with zero attached hydrogens (tertiary/aromatic N) is 4. The lowest BCUT2D eigenvalue weighted by molar-refractivity contribution is -0.134. The average Bonchev–Trinajstić information content (AvgIpc) is 2.94. The molecule has 12 heteroatoms. The maximum atomic E-state index is 13.0. The summed E-state index contributed by atoms with van der Waals surface area (Å²) >= 11 is 4.67. The van der Waals surface area contributed by atoms with Crippen molar-refractivity contribution >= 4 is 51.2 Å². The van der Waals surface area contributed by atoms with Crippen LogP contribution in [-0.2, 0) is 14.4 Å². The molecule has 1 atom stereocenters. The fourth-order valence-corrected chi connectivity index (χ4v) is 4.40. The van der Waals surface area contributed by atoms with E-state index in [2.05, 4.69) is 31.1 Å². The van der Waals surface area contributed by atoms with Crippen molar-refractivity contribution in [2.45, 2.75) is 32.2 Å². The predicted molar refractivity (Wildman–Crippen MR) is 130 cm³/mol. The number of hydrogen-bond donors (Lipinski definition) is 0. The van der Waals surface area contributed by atoms with Gasteiger partial charge in [-0.1, -0.05) is 30.0 Å². The SMILES string of the molecule is CSc1nnc2c(n1)OC(c1cc(Br)c(OC(C)=O)c(OC(C)=O)c1)N(C(C)=O)c1ccccc1-2. The quantitative estimate of drug-likeness (QED) is 0.260. The van der Waals surface area contributed by atoms with Crippen LogP contribution in [0, 0.1) is 0 Å². The van der Waals surface area contributed by atoms with Crippen LogP contribution in [0.5, 0.6) is 17.4 Å². The van der Waals surface area contributed by atoms with Crippen molar-refractivity contribution in [3.05, 3.63) is 46.4 Å². The summed E-state index contributed by atoms with van der Waals surface area (Å²) in [5, 5.41) is 8.82. The smallest absolute Gasteiger partial charge is 0.308 e. The molecule has 0 saturated heterocycles. The van der Waals surface area contributed by atoms with Gasteiger partial charge in [-0.2, -0.15) is 4.98 Å². The number of hydrogen-bond acceptors (Lipinski definition) is 10. The average molecular weight is 559 g/mol. The number of anilines is 1. The lowest BCUT2D eigenvalue weighted by Crippen LogP contribution is -2.36. The second-order valence-electron chi connectivity index (χ2n) is 7.35. The van der Waals surface area contributed by atoms with E-state index in [1.807, 2.05) is 12.3 Å². The summed E-state index contributed by atoms with van der Waals surface area (Å²) in [6, 6.07) is 10.3. The number of aromatic nitrogens is 3. The number of benzene rings is 2. The van der Waals surface area contributed by atoms with Crippen LogP contribution in [0.3, 0.4) is 0 Å². The minimum atomic E-state index is -1.03. The minimum Gasteiger partial charge on any atom is -0.447 e. The molecular weight excluding hydrogens is 540 g/mol. The van der Waals surface area contributed by atoms with Gasteiger partial charge in [0.1, 0.15) is 0 Å². The van der Waals surface area contributed by atoms with E-state index in [1.165, 1.54) is 43.5 Å². The zero-order valence-corrected chi connectivity index (χ0v) is 21.5. The molecule has 3 aromatic rings. The standard InChI is InChI=1S/C23H19BrN4O6S/c1-11(29)28-17-8-6-5-7-15(17)19-21(25-23(35-4)27-26-19)34-22(28)14-9-16(24)20(33-13(3)31)18(10-14)32-12(2)30/h5-10,22H,1-4H3. The summed E-state index contributed by atoms with van der Waals surface area (Å²) in [7, 11) is 0. The Bertz CT molecular complexity index is 1350. The molecule has 1 amide bonds. The highest BCUT2D eigenvalue weighted by molar-refractivity contribution is 9.10. The van der Waals surface area contributed by atoms with Crippen LogP contribution in [0.4, 0.5) is 5.69 Å². The largest absolute Gasteiger partial charge is 0.447 e. The number of fused-ring (bicyclic) bond motifs is 3. The summed E-state index contributed by atoms with van der Waals surface area (Å²) in [5.41, 5.74) is 1.95. The molecule has 0 N–H and O–H groups in total. The van der Waals surface area contributed by atoms with Crippen LogP contribution >= 0.6 is 27.7 Å². The van der Waals surface area contributed by atoms with Crippen molar-refractivity contribution in [3.63, 3.8) is 0 Å². The number of thioether (sulfide) groups is 1. The van der Waals surface area contributed by atoms with Crippen LogP contribution in [0.1, 0.15) is 32.6 Å². The van der Waals surface area contributed by atoms with E-state index in [9.17, 15) is 14.4 Å². The highest BCUT2D eigenvalue weighted by Crippen LogP contribution is 2.46. The molecule has 0 spiro atoms. The summed E-state index contributed by atoms with van der Waals surface area (Å²) < 4.78 is 17.2. The first-order chi connectivity index (χ1) is 16.7. The summed E-state index contributed by atoms with van der Waals surface area (Å²) in [6.45, 7) is 3.86. The second kappa shape index (κ2) is 10.0. The van der Waals surface area contributed by atoms with Gasteiger partial charge in [0.15, 0.2) is 17.2 Å². The van der Waals surface area contributed by atoms with Crippen LogP contribution in [0.2, 0.25) is 0 Å². The summed E-state index contributed by atoms with van der Waals surface area (Å²) in [4.78, 5) is 42.3. The second-order valence-corrected chi connectivity index (χ2v) is 8.97. The van der Waals surface area contributed by atoms with Crippen molar-refractivity contribution in [1.29, 1.82) is 0 Å². The van der Waals surface area contributed by atoms with Gasteiger partial charge in [0.2, 0.25) is 23.2 Å². The Hall–Kier alpha value is -3.51. The molecule has 0 radical (unpaired) electrons. The Morgan fingerprint density at radius 1 is 1.06 bits per heavy atom. The molecule has 1 aliphatic heterocycles. The van der Waals surface area contributed by atoms with Crippen molar-refractivity contribution in [2.75, 3.05) is 11.2 Å². The molecular formula is C23H19BrN4O6S. The fourth-order valence-electron chi connectivity index (χ4n) is 3.56. The molecule has 0 bridgehead atoms. The van der Waals surface area contributed by atoms with Gasteiger partial charge in [0, 0.05) is 31.9 Å². The van der Waals surface area contributed by atoms with E-state index >= 15 is 0 Å². The number of para-hydroxylation sites is 1. The molecule has 2 heterocycles. The Morgan fingerprint density at radius 3 is 2.43 bits per heavy atom. The monoisotopic (exact) mass is 558 g/mol. The Balaban J connectivity index is 1.96. The minimum absolute atomic E-state index is 0.0208. The van der Waals surface area contributed by atoms with Crippen LogP contribution in [0.25, 0.3) is 11.3 Å². The number of carbonyl (C=O) groups excluding carboxylic acids is 3. The molecule has 180 valence electrons. The third kappa shape index (κ3) is 4.98. The zero-order valence-electron chi connectivity index (χ0n) is 19.1. The van der Waals surface area contributed by atoms with E-state index in [0.29, 0.717) is 32.1 Å². The molecule has 0 fully saturated rings. The van der Waals surface area contributed by atoms with Gasteiger partial charge in [-0.05, 0) is 40.4 Å². The summed E-state index contributed by atoms with van der Waals surface area (Å²) in [5.74, 6) is -1.35. The van der Waals surface area contributed by atoms with Crippen molar-refractivity contribution in [3.8, 4) is 28.6 Å². The van der Waals surface area contributed by atoms with Crippen LogP contribution in [0.15, 0.2) is 46.0 Å². The lowest BCUT2D eigenvalue weighted by atomic mass is 10.1. The van der Waals surface area contributed by atoms with Crippen molar-refractivity contribution in [2.24, 2.45) is 0 Å². The van der Waals surface area contributed by atoms with Gasteiger partial charge in [-0.25, -0.2) is 0 Å². The first-order valence-electron chi connectivity index (χ1n) is 10.2. The van der Waals surface area contributed by atoms with Gasteiger partial charge < -0.3 is 14.2 Å². The highest BCUT2D eigenvalue weighted by Gasteiger charge is 2.35. The summed E-state index contributed by atoms with van der Waals surface area (Å²) in [6.07, 6.45) is 0.780. The predicted octanol–water partition coefficient (Wildman–Crippen LogP) is 4.32. The third-order valence-corrected chi connectivity index (χ3v) is 5.98. The van der Waals surface area contributed by atoms with Gasteiger partial charge in [0.05, 0.1) is 10.2 Å². The molecule has 4 rings (SSSR count). The van der Waals surface area contributed by atoms with E-state index in [0.717, 1.165) is 0 Å². The van der Waals surface area contributed by atoms with Crippen molar-refractivity contribution in [1.82, 2.24) is 15.2 Å². The van der Waals surface area contributed by atoms with Gasteiger partial charge in [-0.15, -0.1) is 10.2 Å². The number of esters is 2. The number of halogens is 1. The first-order valence-corrected chi connectivity index (χ1v) is 12.3. The van der Waals surface area contributed by atoms with Crippen molar-refractivity contribution < 1.29 is 28.6 Å². The molecule has 1 aromatic heterocycles. The van der Waals surface area contributed by atoms with Crippen LogP contribution < -0.4 is 19.1 Å². The van der Waals surface area contributed by atoms with Gasteiger partial charge >= 0.3 is 11.9 Å².